The second kappa shape index (κ2) is 9.53. The first kappa shape index (κ1) is 19.4. The van der Waals surface area contributed by atoms with E-state index < -0.39 is 11.4 Å². The monoisotopic (exact) mass is 348 g/mol. The zero-order chi connectivity index (χ0) is 18.1. The molecule has 0 bridgehead atoms. The summed E-state index contributed by atoms with van der Waals surface area (Å²) in [5.74, 6) is -0.791. The summed E-state index contributed by atoms with van der Waals surface area (Å²) in [5, 5.41) is 2.94. The third kappa shape index (κ3) is 4.58. The van der Waals surface area contributed by atoms with Crippen LogP contribution in [0.5, 0.6) is 0 Å². The number of amides is 1. The van der Waals surface area contributed by atoms with Crippen LogP contribution in [0.25, 0.3) is 0 Å². The highest BCUT2D eigenvalue weighted by Gasteiger charge is 2.47. The Hall–Kier alpha value is -1.92. The molecule has 0 aromatic heterocycles. The minimum Gasteiger partial charge on any atom is -0.465 e. The zero-order valence-electron chi connectivity index (χ0n) is 15.1. The molecule has 6 nitrogen and oxygen atoms in total. The van der Waals surface area contributed by atoms with E-state index in [2.05, 4.69) is 10.2 Å². The molecule has 1 saturated heterocycles. The van der Waals surface area contributed by atoms with Crippen molar-refractivity contribution < 1.29 is 19.1 Å². The van der Waals surface area contributed by atoms with Crippen LogP contribution < -0.4 is 5.32 Å². The second-order valence-electron chi connectivity index (χ2n) is 6.06. The minimum atomic E-state index is -1.30. The van der Waals surface area contributed by atoms with Gasteiger partial charge in [-0.3, -0.25) is 14.5 Å². The summed E-state index contributed by atoms with van der Waals surface area (Å²) in [4.78, 5) is 27.9. The number of morpholine rings is 1. The van der Waals surface area contributed by atoms with Crippen LogP contribution in [-0.2, 0) is 24.5 Å². The number of benzene rings is 1. The molecule has 1 amide bonds. The average molecular weight is 348 g/mol. The number of nitrogens with one attached hydrogen (secondary N) is 1. The molecular weight excluding hydrogens is 320 g/mol. The van der Waals surface area contributed by atoms with Gasteiger partial charge in [-0.05, 0) is 18.9 Å². The molecule has 0 spiro atoms. The molecular formula is C19H28N2O4. The standard InChI is InChI=1S/C19H28N2O4/c1-3-19(18(23)25-4-2,16-8-6-5-7-9-16)17(22)20-10-11-21-12-14-24-15-13-21/h5-9H,3-4,10-15H2,1-2H3,(H,20,22). The van der Waals surface area contributed by atoms with Crippen LogP contribution in [0.1, 0.15) is 25.8 Å². The van der Waals surface area contributed by atoms with E-state index in [1.807, 2.05) is 37.3 Å². The summed E-state index contributed by atoms with van der Waals surface area (Å²) >= 11 is 0. The smallest absolute Gasteiger partial charge is 0.326 e. The van der Waals surface area contributed by atoms with Crippen molar-refractivity contribution >= 4 is 11.9 Å². The molecule has 1 unspecified atom stereocenters. The normalized spacial score (nSPS) is 17.5. The Morgan fingerprint density at radius 1 is 1.20 bits per heavy atom. The van der Waals surface area contributed by atoms with Crippen LogP contribution >= 0.6 is 0 Å². The van der Waals surface area contributed by atoms with Crippen LogP contribution in [0.3, 0.4) is 0 Å². The summed E-state index contributed by atoms with van der Waals surface area (Å²) in [5.41, 5.74) is -0.637. The number of nitrogens with zero attached hydrogens (tertiary/aromatic N) is 1. The van der Waals surface area contributed by atoms with Gasteiger partial charge in [0.2, 0.25) is 5.91 Å². The molecule has 25 heavy (non-hydrogen) atoms. The van der Waals surface area contributed by atoms with Crippen molar-refractivity contribution in [3.05, 3.63) is 35.9 Å². The summed E-state index contributed by atoms with van der Waals surface area (Å²) in [6.45, 7) is 8.25. The van der Waals surface area contributed by atoms with Crippen molar-refractivity contribution in [3.8, 4) is 0 Å². The fourth-order valence-electron chi connectivity index (χ4n) is 3.13. The quantitative estimate of drug-likeness (QED) is 0.567. The fraction of sp³-hybridized carbons (Fsp3) is 0.579. The van der Waals surface area contributed by atoms with Gasteiger partial charge in [-0.1, -0.05) is 37.3 Å². The Labute approximate surface area is 149 Å². The van der Waals surface area contributed by atoms with Gasteiger partial charge in [0.1, 0.15) is 0 Å². The van der Waals surface area contributed by atoms with E-state index in [1.165, 1.54) is 0 Å². The van der Waals surface area contributed by atoms with Gasteiger partial charge in [-0.15, -0.1) is 0 Å². The Balaban J connectivity index is 2.10. The van der Waals surface area contributed by atoms with Crippen LogP contribution in [-0.4, -0.2) is 62.8 Å². The molecule has 1 heterocycles. The Kier molecular flexibility index (Phi) is 7.40. The maximum Gasteiger partial charge on any atom is 0.326 e. The van der Waals surface area contributed by atoms with Gasteiger partial charge in [-0.2, -0.15) is 0 Å². The largest absolute Gasteiger partial charge is 0.465 e. The van der Waals surface area contributed by atoms with Crippen molar-refractivity contribution in [2.45, 2.75) is 25.7 Å². The number of esters is 1. The first-order valence-corrected chi connectivity index (χ1v) is 8.96. The average Bonchev–Trinajstić information content (AvgIpc) is 2.65. The van der Waals surface area contributed by atoms with Crippen molar-refractivity contribution in [1.29, 1.82) is 0 Å². The molecule has 1 aromatic rings. The zero-order valence-corrected chi connectivity index (χ0v) is 15.1. The number of hydrogen-bond donors (Lipinski definition) is 1. The van der Waals surface area contributed by atoms with E-state index in [0.717, 1.165) is 32.8 Å². The molecule has 2 rings (SSSR count). The van der Waals surface area contributed by atoms with Crippen molar-refractivity contribution in [2.24, 2.45) is 0 Å². The summed E-state index contributed by atoms with van der Waals surface area (Å²) < 4.78 is 10.6. The second-order valence-corrected chi connectivity index (χ2v) is 6.06. The molecule has 1 N–H and O–H groups in total. The number of rotatable bonds is 8. The van der Waals surface area contributed by atoms with Crippen molar-refractivity contribution in [2.75, 3.05) is 46.0 Å². The highest BCUT2D eigenvalue weighted by atomic mass is 16.5. The van der Waals surface area contributed by atoms with Crippen molar-refractivity contribution in [3.63, 3.8) is 0 Å². The van der Waals surface area contributed by atoms with Crippen LogP contribution in [0, 0.1) is 0 Å². The Morgan fingerprint density at radius 2 is 1.88 bits per heavy atom. The Morgan fingerprint density at radius 3 is 2.48 bits per heavy atom. The van der Waals surface area contributed by atoms with Crippen molar-refractivity contribution in [1.82, 2.24) is 10.2 Å². The lowest BCUT2D eigenvalue weighted by molar-refractivity contribution is -0.155. The maximum absolute atomic E-state index is 13.0. The van der Waals surface area contributed by atoms with Gasteiger partial charge in [0, 0.05) is 26.2 Å². The fourth-order valence-corrected chi connectivity index (χ4v) is 3.13. The molecule has 1 aliphatic heterocycles. The number of carbonyl (C=O) groups is 2. The van der Waals surface area contributed by atoms with E-state index in [1.54, 1.807) is 6.92 Å². The highest BCUT2D eigenvalue weighted by Crippen LogP contribution is 2.30. The SMILES string of the molecule is CCOC(=O)C(CC)(C(=O)NCCN1CCOCC1)c1ccccc1. The molecule has 0 aliphatic carbocycles. The summed E-state index contributed by atoms with van der Waals surface area (Å²) in [6.07, 6.45) is 0.346. The lowest BCUT2D eigenvalue weighted by Crippen LogP contribution is -2.52. The topological polar surface area (TPSA) is 67.9 Å². The molecule has 138 valence electrons. The first-order valence-electron chi connectivity index (χ1n) is 8.96. The summed E-state index contributed by atoms with van der Waals surface area (Å²) in [7, 11) is 0. The first-order chi connectivity index (χ1) is 12.1. The third-order valence-corrected chi connectivity index (χ3v) is 4.63. The number of carbonyl (C=O) groups excluding carboxylic acids is 2. The molecule has 1 fully saturated rings. The van der Waals surface area contributed by atoms with Gasteiger partial charge in [0.15, 0.2) is 5.41 Å². The molecule has 1 atom stereocenters. The lowest BCUT2D eigenvalue weighted by atomic mass is 9.77. The number of ether oxygens (including phenoxy) is 2. The highest BCUT2D eigenvalue weighted by molar-refractivity contribution is 6.08. The van der Waals surface area contributed by atoms with Gasteiger partial charge < -0.3 is 14.8 Å². The molecule has 1 aliphatic rings. The summed E-state index contributed by atoms with van der Waals surface area (Å²) in [6, 6.07) is 9.15. The van der Waals surface area contributed by atoms with E-state index in [9.17, 15) is 9.59 Å². The van der Waals surface area contributed by atoms with E-state index in [4.69, 9.17) is 9.47 Å². The predicted octanol–water partition coefficient (Wildman–Crippen LogP) is 1.35. The number of hydrogen-bond acceptors (Lipinski definition) is 5. The third-order valence-electron chi connectivity index (χ3n) is 4.63. The lowest BCUT2D eigenvalue weighted by Gasteiger charge is -2.31. The molecule has 1 aromatic carbocycles. The van der Waals surface area contributed by atoms with E-state index in [-0.39, 0.29) is 12.5 Å². The Bertz CT molecular complexity index is 558. The minimum absolute atomic E-state index is 0.245. The van der Waals surface area contributed by atoms with Crippen LogP contribution in [0.2, 0.25) is 0 Å². The van der Waals surface area contributed by atoms with Gasteiger partial charge in [-0.25, -0.2) is 0 Å². The van der Waals surface area contributed by atoms with Gasteiger partial charge in [0.05, 0.1) is 19.8 Å². The molecule has 0 saturated carbocycles. The molecule has 0 radical (unpaired) electrons. The van der Waals surface area contributed by atoms with Gasteiger partial charge >= 0.3 is 5.97 Å². The van der Waals surface area contributed by atoms with E-state index in [0.29, 0.717) is 18.5 Å². The van der Waals surface area contributed by atoms with Crippen LogP contribution in [0.15, 0.2) is 30.3 Å². The van der Waals surface area contributed by atoms with E-state index >= 15 is 0 Å². The predicted molar refractivity (Wildman–Crippen MR) is 95.3 cm³/mol. The van der Waals surface area contributed by atoms with Gasteiger partial charge in [0.25, 0.3) is 0 Å². The molecule has 6 heteroatoms. The maximum atomic E-state index is 13.0. The van der Waals surface area contributed by atoms with Crippen LogP contribution in [0.4, 0.5) is 0 Å².